The van der Waals surface area contributed by atoms with Crippen LogP contribution in [0.15, 0.2) is 78.9 Å². The minimum Gasteiger partial charge on any atom is -0.372 e. The Balaban J connectivity index is 1.59. The third-order valence-corrected chi connectivity index (χ3v) is 6.27. The van der Waals surface area contributed by atoms with Crippen LogP contribution in [-0.4, -0.2) is 29.9 Å². The Kier molecular flexibility index (Phi) is 10.5. The van der Waals surface area contributed by atoms with Crippen LogP contribution in [-0.2, 0) is 29.3 Å². The van der Waals surface area contributed by atoms with Crippen molar-refractivity contribution < 1.29 is 14.3 Å². The van der Waals surface area contributed by atoms with Gasteiger partial charge in [0.05, 0.1) is 23.8 Å². The summed E-state index contributed by atoms with van der Waals surface area (Å²) in [5.74, 6) is 0.154. The van der Waals surface area contributed by atoms with Crippen molar-refractivity contribution in [3.8, 4) is 0 Å². The van der Waals surface area contributed by atoms with Crippen molar-refractivity contribution >= 4 is 35.2 Å². The molecule has 0 aliphatic rings. The molecule has 0 spiro atoms. The Labute approximate surface area is 210 Å². The van der Waals surface area contributed by atoms with E-state index < -0.39 is 6.04 Å². The molecule has 178 valence electrons. The number of rotatable bonds is 12. The van der Waals surface area contributed by atoms with Gasteiger partial charge in [-0.1, -0.05) is 78.3 Å². The molecule has 3 rings (SSSR count). The number of thioether (sulfide) groups is 1. The molecule has 1 unspecified atom stereocenters. The molecule has 0 aromatic heterocycles. The fourth-order valence-corrected chi connectivity index (χ4v) is 4.11. The van der Waals surface area contributed by atoms with Crippen LogP contribution in [0.1, 0.15) is 33.5 Å². The van der Waals surface area contributed by atoms with Crippen LogP contribution in [0, 0.1) is 0 Å². The van der Waals surface area contributed by atoms with Gasteiger partial charge in [-0.2, -0.15) is 11.8 Å². The van der Waals surface area contributed by atoms with Gasteiger partial charge < -0.3 is 15.4 Å². The molecule has 0 saturated carbocycles. The molecule has 0 radical (unpaired) electrons. The van der Waals surface area contributed by atoms with Crippen molar-refractivity contribution in [1.29, 1.82) is 0 Å². The second-order valence-corrected chi connectivity index (χ2v) is 9.15. The molecule has 0 aliphatic carbocycles. The molecule has 5 nitrogen and oxygen atoms in total. The third-order valence-electron chi connectivity index (χ3n) is 5.29. The van der Waals surface area contributed by atoms with Gasteiger partial charge in [-0.3, -0.25) is 9.59 Å². The van der Waals surface area contributed by atoms with Gasteiger partial charge in [0.1, 0.15) is 6.04 Å². The van der Waals surface area contributed by atoms with Crippen LogP contribution in [0.3, 0.4) is 0 Å². The minimum atomic E-state index is -0.655. The van der Waals surface area contributed by atoms with Crippen molar-refractivity contribution in [3.63, 3.8) is 0 Å². The lowest BCUT2D eigenvalue weighted by Crippen LogP contribution is -2.47. The van der Waals surface area contributed by atoms with Crippen molar-refractivity contribution in [3.05, 3.63) is 106 Å². The molecular formula is C27H29ClN2O3S. The predicted molar refractivity (Wildman–Crippen MR) is 139 cm³/mol. The standard InChI is InChI=1S/C27H29ClN2O3S/c1-34-16-15-25(30-26(31)23-13-7-8-14-24(23)28)27(32)29-17-21-11-5-6-12-22(21)19-33-18-20-9-3-2-4-10-20/h2-14,25H,15-19H2,1H3,(H,29,32)(H,30,31). The fraction of sp³-hybridized carbons (Fsp3) is 0.259. The first-order valence-corrected chi connectivity index (χ1v) is 12.9. The van der Waals surface area contributed by atoms with Crippen LogP contribution in [0.4, 0.5) is 0 Å². The third kappa shape index (κ3) is 7.90. The second-order valence-electron chi connectivity index (χ2n) is 7.75. The van der Waals surface area contributed by atoms with E-state index >= 15 is 0 Å². The molecule has 3 aromatic rings. The molecule has 3 aromatic carbocycles. The SMILES string of the molecule is CSCCC(NC(=O)c1ccccc1Cl)C(=O)NCc1ccccc1COCc1ccccc1. The number of amides is 2. The number of carbonyl (C=O) groups is 2. The normalized spacial score (nSPS) is 11.6. The van der Waals surface area contributed by atoms with Crippen molar-refractivity contribution in [2.75, 3.05) is 12.0 Å². The summed E-state index contributed by atoms with van der Waals surface area (Å²) in [6, 6.07) is 24.0. The lowest BCUT2D eigenvalue weighted by atomic mass is 10.1. The van der Waals surface area contributed by atoms with E-state index in [4.69, 9.17) is 16.3 Å². The second kappa shape index (κ2) is 13.8. The maximum atomic E-state index is 13.0. The highest BCUT2D eigenvalue weighted by atomic mass is 35.5. The molecule has 2 amide bonds. The average Bonchev–Trinajstić information content (AvgIpc) is 2.86. The highest BCUT2D eigenvalue weighted by molar-refractivity contribution is 7.98. The summed E-state index contributed by atoms with van der Waals surface area (Å²) in [5, 5.41) is 6.17. The van der Waals surface area contributed by atoms with E-state index in [-0.39, 0.29) is 11.8 Å². The Hall–Kier alpha value is -2.80. The van der Waals surface area contributed by atoms with Crippen LogP contribution in [0.5, 0.6) is 0 Å². The molecule has 7 heteroatoms. The summed E-state index contributed by atoms with van der Waals surface area (Å²) in [6.45, 7) is 1.31. The van der Waals surface area contributed by atoms with Crippen LogP contribution in [0.25, 0.3) is 0 Å². The monoisotopic (exact) mass is 496 g/mol. The molecule has 1 atom stereocenters. The van der Waals surface area contributed by atoms with E-state index in [0.29, 0.717) is 36.8 Å². The van der Waals surface area contributed by atoms with E-state index in [1.807, 2.05) is 60.9 Å². The van der Waals surface area contributed by atoms with Gasteiger partial charge >= 0.3 is 0 Å². The maximum Gasteiger partial charge on any atom is 0.253 e. The molecule has 0 heterocycles. The van der Waals surface area contributed by atoms with E-state index in [1.54, 1.807) is 36.0 Å². The summed E-state index contributed by atoms with van der Waals surface area (Å²) in [6.07, 6.45) is 2.49. The molecular weight excluding hydrogens is 468 g/mol. The number of carbonyl (C=O) groups excluding carboxylic acids is 2. The van der Waals surface area contributed by atoms with Crippen LogP contribution in [0.2, 0.25) is 5.02 Å². The van der Waals surface area contributed by atoms with Gasteiger partial charge in [-0.15, -0.1) is 0 Å². The topological polar surface area (TPSA) is 67.4 Å². The van der Waals surface area contributed by atoms with Gasteiger partial charge in [0, 0.05) is 6.54 Å². The largest absolute Gasteiger partial charge is 0.372 e. The Morgan fingerprint density at radius 3 is 2.32 bits per heavy atom. The Morgan fingerprint density at radius 2 is 1.59 bits per heavy atom. The Morgan fingerprint density at radius 1 is 0.912 bits per heavy atom. The first kappa shape index (κ1) is 25.8. The number of nitrogens with one attached hydrogen (secondary N) is 2. The summed E-state index contributed by atoms with van der Waals surface area (Å²) < 4.78 is 5.88. The average molecular weight is 497 g/mol. The molecule has 0 bridgehead atoms. The van der Waals surface area contributed by atoms with Crippen molar-refractivity contribution in [2.45, 2.75) is 32.2 Å². The molecule has 34 heavy (non-hydrogen) atoms. The highest BCUT2D eigenvalue weighted by Crippen LogP contribution is 2.16. The lowest BCUT2D eigenvalue weighted by molar-refractivity contribution is -0.123. The number of hydrogen-bond donors (Lipinski definition) is 2. The molecule has 2 N–H and O–H groups in total. The van der Waals surface area contributed by atoms with Gasteiger partial charge in [0.25, 0.3) is 5.91 Å². The van der Waals surface area contributed by atoms with Crippen LogP contribution < -0.4 is 10.6 Å². The number of benzene rings is 3. The fourth-order valence-electron chi connectivity index (χ4n) is 3.42. The molecule has 0 aliphatic heterocycles. The maximum absolute atomic E-state index is 13.0. The number of hydrogen-bond acceptors (Lipinski definition) is 4. The summed E-state index contributed by atoms with van der Waals surface area (Å²) in [4.78, 5) is 25.7. The predicted octanol–water partition coefficient (Wildman–Crippen LogP) is 5.22. The highest BCUT2D eigenvalue weighted by Gasteiger charge is 2.22. The van der Waals surface area contributed by atoms with Crippen molar-refractivity contribution in [1.82, 2.24) is 10.6 Å². The zero-order chi connectivity index (χ0) is 24.2. The Bertz CT molecular complexity index is 1080. The van der Waals surface area contributed by atoms with Gasteiger partial charge in [-0.25, -0.2) is 0 Å². The van der Waals surface area contributed by atoms with Gasteiger partial charge in [0.2, 0.25) is 5.91 Å². The number of halogens is 1. The zero-order valence-corrected chi connectivity index (χ0v) is 20.7. The summed E-state index contributed by atoms with van der Waals surface area (Å²) in [5.41, 5.74) is 3.45. The van der Waals surface area contributed by atoms with Crippen LogP contribution >= 0.6 is 23.4 Å². The lowest BCUT2D eigenvalue weighted by Gasteiger charge is -2.19. The first-order chi connectivity index (χ1) is 16.6. The zero-order valence-electron chi connectivity index (χ0n) is 19.1. The van der Waals surface area contributed by atoms with E-state index in [1.165, 1.54) is 0 Å². The molecule has 0 saturated heterocycles. The van der Waals surface area contributed by atoms with E-state index in [0.717, 1.165) is 22.4 Å². The quantitative estimate of drug-likeness (QED) is 0.360. The minimum absolute atomic E-state index is 0.227. The first-order valence-electron chi connectivity index (χ1n) is 11.1. The summed E-state index contributed by atoms with van der Waals surface area (Å²) >= 11 is 7.77. The van der Waals surface area contributed by atoms with Gasteiger partial charge in [0.15, 0.2) is 0 Å². The van der Waals surface area contributed by atoms with E-state index in [9.17, 15) is 9.59 Å². The van der Waals surface area contributed by atoms with E-state index in [2.05, 4.69) is 10.6 Å². The van der Waals surface area contributed by atoms with Gasteiger partial charge in [-0.05, 0) is 47.3 Å². The molecule has 0 fully saturated rings. The smallest absolute Gasteiger partial charge is 0.253 e. The van der Waals surface area contributed by atoms with Crippen molar-refractivity contribution in [2.24, 2.45) is 0 Å². The number of ether oxygens (including phenoxy) is 1. The summed E-state index contributed by atoms with van der Waals surface area (Å²) in [7, 11) is 0.